The van der Waals surface area contributed by atoms with Gasteiger partial charge in [-0.15, -0.1) is 0 Å². The molecule has 2 aliphatic heterocycles. The first-order valence-electron chi connectivity index (χ1n) is 9.83. The van der Waals surface area contributed by atoms with Gasteiger partial charge in [0, 0.05) is 36.6 Å². The molecule has 29 heavy (non-hydrogen) atoms. The number of ether oxygens (including phenoxy) is 1. The fraction of sp³-hybridized carbons (Fsp3) is 0.476. The topological polar surface area (TPSA) is 71.7 Å². The van der Waals surface area contributed by atoms with Crippen LogP contribution in [0.2, 0.25) is 5.02 Å². The number of nitrogens with zero attached hydrogens (tertiary/aromatic N) is 4. The molecule has 2 bridgehead atoms. The number of hydrogen-bond acceptors (Lipinski definition) is 7. The van der Waals surface area contributed by atoms with E-state index in [1.165, 1.54) is 6.33 Å². The fourth-order valence-electron chi connectivity index (χ4n) is 4.42. The molecular formula is C21H23ClN4O3. The van der Waals surface area contributed by atoms with Crippen LogP contribution in [0.1, 0.15) is 27.2 Å². The Morgan fingerprint density at radius 2 is 2.07 bits per heavy atom. The summed E-state index contributed by atoms with van der Waals surface area (Å²) in [6.07, 6.45) is 2.22. The predicted molar refractivity (Wildman–Crippen MR) is 111 cm³/mol. The van der Waals surface area contributed by atoms with E-state index in [1.54, 1.807) is 6.07 Å². The molecule has 0 saturated carbocycles. The third-order valence-corrected chi connectivity index (χ3v) is 5.95. The van der Waals surface area contributed by atoms with Gasteiger partial charge < -0.3 is 14.1 Å². The van der Waals surface area contributed by atoms with Gasteiger partial charge in [-0.3, -0.25) is 4.90 Å². The highest BCUT2D eigenvalue weighted by Gasteiger charge is 2.55. The lowest BCUT2D eigenvalue weighted by molar-refractivity contribution is -0.161. The highest BCUT2D eigenvalue weighted by molar-refractivity contribution is 6.31. The minimum Gasteiger partial charge on any atom is -0.458 e. The molecule has 0 aliphatic carbocycles. The smallest absolute Gasteiger partial charge is 0.333 e. The molecule has 2 aliphatic rings. The monoisotopic (exact) mass is 414 g/mol. The van der Waals surface area contributed by atoms with Gasteiger partial charge in [-0.1, -0.05) is 11.6 Å². The average molecular weight is 415 g/mol. The zero-order valence-electron chi connectivity index (χ0n) is 16.7. The molecule has 2 unspecified atom stereocenters. The summed E-state index contributed by atoms with van der Waals surface area (Å²) in [6.45, 7) is 8.71. The van der Waals surface area contributed by atoms with Crippen molar-refractivity contribution in [3.63, 3.8) is 0 Å². The van der Waals surface area contributed by atoms with E-state index in [0.29, 0.717) is 47.0 Å². The number of anilines is 1. The predicted octanol–water partition coefficient (Wildman–Crippen LogP) is 3.64. The highest BCUT2D eigenvalue weighted by atomic mass is 35.5. The number of aromatic nitrogens is 2. The summed E-state index contributed by atoms with van der Waals surface area (Å²) in [6, 6.07) is 5.47. The number of rotatable bonds is 2. The molecule has 0 amide bonds. The van der Waals surface area contributed by atoms with Gasteiger partial charge in [0.1, 0.15) is 23.0 Å². The quantitative estimate of drug-likeness (QED) is 0.593. The lowest BCUT2D eigenvalue weighted by Gasteiger charge is -2.44. The number of esters is 1. The SMILES string of the molecule is CC(C)(C)OC(=O)C12CCN(CCN1c1ncnc3c1oc1ccc(Cl)cc13)C2. The first-order valence-corrected chi connectivity index (χ1v) is 10.2. The van der Waals surface area contributed by atoms with E-state index in [1.807, 2.05) is 32.9 Å². The number of carbonyl (C=O) groups is 1. The van der Waals surface area contributed by atoms with Gasteiger partial charge in [0.05, 0.1) is 0 Å². The Morgan fingerprint density at radius 3 is 2.86 bits per heavy atom. The molecule has 5 rings (SSSR count). The second-order valence-corrected chi connectivity index (χ2v) is 9.27. The first-order chi connectivity index (χ1) is 13.8. The van der Waals surface area contributed by atoms with Crippen LogP contribution in [0.15, 0.2) is 28.9 Å². The van der Waals surface area contributed by atoms with Crippen LogP contribution in [0.25, 0.3) is 22.1 Å². The van der Waals surface area contributed by atoms with Crippen molar-refractivity contribution in [2.75, 3.05) is 31.1 Å². The Balaban J connectivity index is 1.66. The number of piperazine rings is 1. The van der Waals surface area contributed by atoms with Crippen LogP contribution in [-0.2, 0) is 9.53 Å². The molecule has 0 N–H and O–H groups in total. The van der Waals surface area contributed by atoms with Crippen molar-refractivity contribution in [2.24, 2.45) is 0 Å². The summed E-state index contributed by atoms with van der Waals surface area (Å²) in [5, 5.41) is 1.46. The van der Waals surface area contributed by atoms with Crippen LogP contribution in [0, 0.1) is 0 Å². The second kappa shape index (κ2) is 6.31. The van der Waals surface area contributed by atoms with E-state index in [9.17, 15) is 4.79 Å². The molecule has 2 saturated heterocycles. The molecule has 2 aromatic heterocycles. The van der Waals surface area contributed by atoms with Crippen LogP contribution < -0.4 is 4.90 Å². The number of hydrogen-bond donors (Lipinski definition) is 0. The fourth-order valence-corrected chi connectivity index (χ4v) is 4.60. The number of furan rings is 1. The van der Waals surface area contributed by atoms with Crippen molar-refractivity contribution >= 4 is 45.5 Å². The van der Waals surface area contributed by atoms with Gasteiger partial charge in [0.25, 0.3) is 0 Å². The Kier molecular flexibility index (Phi) is 4.05. The molecule has 2 fully saturated rings. The summed E-state index contributed by atoms with van der Waals surface area (Å²) in [7, 11) is 0. The Bertz CT molecular complexity index is 1120. The summed E-state index contributed by atoms with van der Waals surface area (Å²) in [4.78, 5) is 26.7. The van der Waals surface area contributed by atoms with Gasteiger partial charge in [0.2, 0.25) is 0 Å². The third-order valence-electron chi connectivity index (χ3n) is 5.71. The van der Waals surface area contributed by atoms with Gasteiger partial charge in [-0.05, 0) is 45.4 Å². The molecule has 7 nitrogen and oxygen atoms in total. The van der Waals surface area contributed by atoms with Gasteiger partial charge in [0.15, 0.2) is 16.9 Å². The summed E-state index contributed by atoms with van der Waals surface area (Å²) >= 11 is 6.18. The second-order valence-electron chi connectivity index (χ2n) is 8.83. The van der Waals surface area contributed by atoms with E-state index in [-0.39, 0.29) is 5.97 Å². The number of fused-ring (bicyclic) bond motifs is 5. The minimum atomic E-state index is -0.774. The maximum absolute atomic E-state index is 13.3. The summed E-state index contributed by atoms with van der Waals surface area (Å²) < 4.78 is 12.0. The Morgan fingerprint density at radius 1 is 1.24 bits per heavy atom. The van der Waals surface area contributed by atoms with E-state index in [0.717, 1.165) is 18.5 Å². The Labute approximate surface area is 173 Å². The molecule has 152 valence electrons. The lowest BCUT2D eigenvalue weighted by Crippen LogP contribution is -2.63. The Hall–Kier alpha value is -2.38. The largest absolute Gasteiger partial charge is 0.458 e. The van der Waals surface area contributed by atoms with Crippen LogP contribution in [0.5, 0.6) is 0 Å². The molecule has 8 heteroatoms. The van der Waals surface area contributed by atoms with Gasteiger partial charge >= 0.3 is 5.97 Å². The molecule has 1 aromatic carbocycles. The maximum atomic E-state index is 13.3. The van der Waals surface area contributed by atoms with Crippen LogP contribution in [0.4, 0.5) is 5.82 Å². The molecule has 4 heterocycles. The van der Waals surface area contributed by atoms with Crippen molar-refractivity contribution < 1.29 is 13.9 Å². The van der Waals surface area contributed by atoms with E-state index in [4.69, 9.17) is 20.8 Å². The van der Waals surface area contributed by atoms with Crippen LogP contribution in [-0.4, -0.2) is 58.2 Å². The number of carbonyl (C=O) groups excluding carboxylic acids is 1. The van der Waals surface area contributed by atoms with Crippen molar-refractivity contribution in [2.45, 2.75) is 38.3 Å². The zero-order chi connectivity index (χ0) is 20.4. The van der Waals surface area contributed by atoms with Crippen molar-refractivity contribution in [3.05, 3.63) is 29.5 Å². The lowest BCUT2D eigenvalue weighted by atomic mass is 9.94. The molecular weight excluding hydrogens is 392 g/mol. The minimum absolute atomic E-state index is 0.210. The van der Waals surface area contributed by atoms with Crippen LogP contribution >= 0.6 is 11.6 Å². The zero-order valence-corrected chi connectivity index (χ0v) is 17.5. The third kappa shape index (κ3) is 2.95. The number of halogens is 1. The summed E-state index contributed by atoms with van der Waals surface area (Å²) in [5.74, 6) is 0.424. The molecule has 0 radical (unpaired) electrons. The van der Waals surface area contributed by atoms with E-state index < -0.39 is 11.1 Å². The first kappa shape index (κ1) is 18.6. The standard InChI is InChI=1S/C21H23ClN4O3/c1-20(2,3)29-19(27)21-6-7-25(11-21)8-9-26(21)18-17-16(23-12-24-18)14-10-13(22)4-5-15(14)28-17/h4-5,10,12H,6-9,11H2,1-3H3. The maximum Gasteiger partial charge on any atom is 0.333 e. The number of benzene rings is 1. The van der Waals surface area contributed by atoms with Crippen molar-refractivity contribution in [1.82, 2.24) is 14.9 Å². The average Bonchev–Trinajstić information content (AvgIpc) is 3.19. The van der Waals surface area contributed by atoms with Crippen molar-refractivity contribution in [1.29, 1.82) is 0 Å². The van der Waals surface area contributed by atoms with Crippen molar-refractivity contribution in [3.8, 4) is 0 Å². The molecule has 3 aromatic rings. The highest BCUT2D eigenvalue weighted by Crippen LogP contribution is 2.41. The van der Waals surface area contributed by atoms with E-state index in [2.05, 4.69) is 19.8 Å². The normalized spacial score (nSPS) is 24.4. The molecule has 2 atom stereocenters. The van der Waals surface area contributed by atoms with Gasteiger partial charge in [-0.25, -0.2) is 14.8 Å². The van der Waals surface area contributed by atoms with Crippen LogP contribution in [0.3, 0.4) is 0 Å². The van der Waals surface area contributed by atoms with Gasteiger partial charge in [-0.2, -0.15) is 0 Å². The molecule has 0 spiro atoms. The van der Waals surface area contributed by atoms with E-state index >= 15 is 0 Å². The summed E-state index contributed by atoms with van der Waals surface area (Å²) in [5.41, 5.74) is 0.644.